The summed E-state index contributed by atoms with van der Waals surface area (Å²) in [4.78, 5) is 9.26. The maximum Gasteiger partial charge on any atom is 0.191 e. The highest BCUT2D eigenvalue weighted by Gasteiger charge is 2.05. The summed E-state index contributed by atoms with van der Waals surface area (Å²) in [6.45, 7) is 9.26. The summed E-state index contributed by atoms with van der Waals surface area (Å²) in [5.74, 6) is 2.19. The summed E-state index contributed by atoms with van der Waals surface area (Å²) in [7, 11) is 0. The van der Waals surface area contributed by atoms with Crippen LogP contribution in [0.4, 0.5) is 0 Å². The highest BCUT2D eigenvalue weighted by atomic mass is 127. The van der Waals surface area contributed by atoms with E-state index in [2.05, 4.69) is 46.8 Å². The third-order valence-corrected chi connectivity index (χ3v) is 4.65. The summed E-state index contributed by atoms with van der Waals surface area (Å²) in [6, 6.07) is 9.83. The minimum atomic E-state index is 0. The highest BCUT2D eigenvalue weighted by molar-refractivity contribution is 14.0. The van der Waals surface area contributed by atoms with Crippen molar-refractivity contribution in [2.24, 2.45) is 4.99 Å². The number of hydrogen-bond acceptors (Lipinski definition) is 4. The van der Waals surface area contributed by atoms with Gasteiger partial charge in [-0.2, -0.15) is 0 Å². The molecule has 2 aromatic rings. The standard InChI is InChI=1S/C19H28N4OS.HI/c1-4-20-19(22-12-13-24-17-8-6-5-7-9-17)21-11-10-16-14-25-18(23-16)15(2)3;/h5-9,14-15H,4,10-13H2,1-3H3,(H2,20,21,22);1H. The van der Waals surface area contributed by atoms with Gasteiger partial charge in [-0.15, -0.1) is 35.3 Å². The Morgan fingerprint density at radius 3 is 2.65 bits per heavy atom. The molecule has 0 saturated carbocycles. The second-order valence-electron chi connectivity index (χ2n) is 5.93. The van der Waals surface area contributed by atoms with E-state index in [1.807, 2.05) is 30.3 Å². The first-order chi connectivity index (χ1) is 12.2. The average Bonchev–Trinajstić information content (AvgIpc) is 3.09. The third kappa shape index (κ3) is 8.35. The molecule has 0 aliphatic rings. The molecule has 26 heavy (non-hydrogen) atoms. The van der Waals surface area contributed by atoms with Gasteiger partial charge >= 0.3 is 0 Å². The molecule has 0 bridgehead atoms. The average molecular weight is 488 g/mol. The molecule has 1 heterocycles. The molecule has 0 radical (unpaired) electrons. The second-order valence-corrected chi connectivity index (χ2v) is 6.82. The number of aromatic nitrogens is 1. The van der Waals surface area contributed by atoms with Crippen LogP contribution in [0.2, 0.25) is 0 Å². The van der Waals surface area contributed by atoms with Crippen molar-refractivity contribution in [1.29, 1.82) is 0 Å². The van der Waals surface area contributed by atoms with E-state index in [0.29, 0.717) is 19.1 Å². The molecule has 0 aliphatic heterocycles. The molecule has 0 spiro atoms. The quantitative estimate of drug-likeness (QED) is 0.242. The molecule has 0 saturated heterocycles. The van der Waals surface area contributed by atoms with Crippen molar-refractivity contribution in [1.82, 2.24) is 15.6 Å². The van der Waals surface area contributed by atoms with Crippen molar-refractivity contribution in [3.05, 3.63) is 46.4 Å². The van der Waals surface area contributed by atoms with E-state index >= 15 is 0 Å². The Labute approximate surface area is 177 Å². The number of halogens is 1. The number of para-hydroxylation sites is 1. The zero-order valence-corrected chi connectivity index (χ0v) is 18.8. The van der Waals surface area contributed by atoms with Crippen LogP contribution in [-0.4, -0.2) is 37.2 Å². The molecule has 0 aliphatic carbocycles. The molecule has 1 aromatic heterocycles. The highest BCUT2D eigenvalue weighted by Crippen LogP contribution is 2.19. The lowest BCUT2D eigenvalue weighted by atomic mass is 10.2. The number of benzene rings is 1. The van der Waals surface area contributed by atoms with E-state index < -0.39 is 0 Å². The van der Waals surface area contributed by atoms with Gasteiger partial charge in [-0.25, -0.2) is 4.98 Å². The number of thiazole rings is 1. The molecule has 144 valence electrons. The maximum absolute atomic E-state index is 5.68. The first-order valence-electron chi connectivity index (χ1n) is 8.83. The number of guanidine groups is 1. The summed E-state index contributed by atoms with van der Waals surface area (Å²) in [5.41, 5.74) is 1.13. The van der Waals surface area contributed by atoms with Crippen LogP contribution in [0.25, 0.3) is 0 Å². The van der Waals surface area contributed by atoms with Gasteiger partial charge in [0.25, 0.3) is 0 Å². The van der Waals surface area contributed by atoms with Crippen LogP contribution in [0.3, 0.4) is 0 Å². The molecule has 0 fully saturated rings. The first-order valence-corrected chi connectivity index (χ1v) is 9.71. The Bertz CT molecular complexity index is 646. The van der Waals surface area contributed by atoms with Gasteiger partial charge in [-0.3, -0.25) is 4.99 Å². The SMILES string of the molecule is CCNC(=NCCc1csc(C(C)C)n1)NCCOc1ccccc1.I. The number of nitrogens with zero attached hydrogens (tertiary/aromatic N) is 2. The van der Waals surface area contributed by atoms with Crippen LogP contribution in [-0.2, 0) is 6.42 Å². The van der Waals surface area contributed by atoms with E-state index in [-0.39, 0.29) is 24.0 Å². The Morgan fingerprint density at radius 2 is 2.00 bits per heavy atom. The smallest absolute Gasteiger partial charge is 0.191 e. The lowest BCUT2D eigenvalue weighted by Gasteiger charge is -2.12. The lowest BCUT2D eigenvalue weighted by Crippen LogP contribution is -2.39. The van der Waals surface area contributed by atoms with E-state index in [4.69, 9.17) is 4.74 Å². The largest absolute Gasteiger partial charge is 0.492 e. The summed E-state index contributed by atoms with van der Waals surface area (Å²) < 4.78 is 5.68. The van der Waals surface area contributed by atoms with Crippen molar-refractivity contribution in [2.45, 2.75) is 33.1 Å². The minimum absolute atomic E-state index is 0. The van der Waals surface area contributed by atoms with Gasteiger partial charge in [0, 0.05) is 30.8 Å². The van der Waals surface area contributed by atoms with Gasteiger partial charge in [0.2, 0.25) is 0 Å². The summed E-state index contributed by atoms with van der Waals surface area (Å²) in [5, 5.41) is 9.89. The number of hydrogen-bond donors (Lipinski definition) is 2. The van der Waals surface area contributed by atoms with Crippen LogP contribution in [0.15, 0.2) is 40.7 Å². The molecule has 2 N–H and O–H groups in total. The molecule has 0 unspecified atom stereocenters. The lowest BCUT2D eigenvalue weighted by molar-refractivity contribution is 0.322. The number of ether oxygens (including phenoxy) is 1. The monoisotopic (exact) mass is 488 g/mol. The predicted octanol–water partition coefficient (Wildman–Crippen LogP) is 4.06. The topological polar surface area (TPSA) is 58.5 Å². The summed E-state index contributed by atoms with van der Waals surface area (Å²) in [6.07, 6.45) is 0.861. The fraction of sp³-hybridized carbons (Fsp3) is 0.474. The normalized spacial score (nSPS) is 11.2. The predicted molar refractivity (Wildman–Crippen MR) is 121 cm³/mol. The molecule has 0 amide bonds. The Kier molecular flexibility index (Phi) is 11.3. The maximum atomic E-state index is 5.68. The van der Waals surface area contributed by atoms with Gasteiger partial charge in [0.15, 0.2) is 5.96 Å². The van der Waals surface area contributed by atoms with Gasteiger partial charge in [0.05, 0.1) is 17.2 Å². The molecule has 2 rings (SSSR count). The van der Waals surface area contributed by atoms with Gasteiger partial charge in [-0.1, -0.05) is 32.0 Å². The van der Waals surface area contributed by atoms with Crippen LogP contribution in [0, 0.1) is 0 Å². The fourth-order valence-corrected chi connectivity index (χ4v) is 3.05. The van der Waals surface area contributed by atoms with Crippen LogP contribution in [0.1, 0.15) is 37.4 Å². The third-order valence-electron chi connectivity index (χ3n) is 3.45. The summed E-state index contributed by atoms with van der Waals surface area (Å²) >= 11 is 1.73. The number of nitrogens with one attached hydrogen (secondary N) is 2. The van der Waals surface area contributed by atoms with E-state index in [9.17, 15) is 0 Å². The fourth-order valence-electron chi connectivity index (χ4n) is 2.18. The van der Waals surface area contributed by atoms with E-state index in [1.54, 1.807) is 11.3 Å². The van der Waals surface area contributed by atoms with Crippen molar-refractivity contribution >= 4 is 41.3 Å². The van der Waals surface area contributed by atoms with Crippen molar-refractivity contribution in [3.8, 4) is 5.75 Å². The number of rotatable bonds is 9. The van der Waals surface area contributed by atoms with E-state index in [1.165, 1.54) is 5.01 Å². The van der Waals surface area contributed by atoms with Gasteiger partial charge in [-0.05, 0) is 19.1 Å². The van der Waals surface area contributed by atoms with Gasteiger partial charge in [0.1, 0.15) is 12.4 Å². The molecular weight excluding hydrogens is 459 g/mol. The zero-order chi connectivity index (χ0) is 17.9. The molecule has 5 nitrogen and oxygen atoms in total. The zero-order valence-electron chi connectivity index (χ0n) is 15.7. The Morgan fingerprint density at radius 1 is 1.23 bits per heavy atom. The molecule has 0 atom stereocenters. The van der Waals surface area contributed by atoms with Crippen molar-refractivity contribution < 1.29 is 4.74 Å². The van der Waals surface area contributed by atoms with Crippen LogP contribution >= 0.6 is 35.3 Å². The second kappa shape index (κ2) is 12.9. The van der Waals surface area contributed by atoms with E-state index in [0.717, 1.165) is 36.9 Å². The van der Waals surface area contributed by atoms with Crippen LogP contribution in [0.5, 0.6) is 5.75 Å². The van der Waals surface area contributed by atoms with Gasteiger partial charge < -0.3 is 15.4 Å². The molecule has 1 aromatic carbocycles. The first kappa shape index (κ1) is 22.7. The molecule has 7 heteroatoms. The Hall–Kier alpha value is -1.35. The molecular formula is C19H29IN4OS. The van der Waals surface area contributed by atoms with Crippen LogP contribution < -0.4 is 15.4 Å². The Balaban J connectivity index is 0.00000338. The van der Waals surface area contributed by atoms with Crippen molar-refractivity contribution in [2.75, 3.05) is 26.2 Å². The van der Waals surface area contributed by atoms with Crippen molar-refractivity contribution in [3.63, 3.8) is 0 Å². The number of aliphatic imine (C=N–C) groups is 1. The minimum Gasteiger partial charge on any atom is -0.492 e.